The number of aromatic nitrogens is 1. The van der Waals surface area contributed by atoms with E-state index in [1.165, 1.54) is 6.08 Å². The van der Waals surface area contributed by atoms with Crippen LogP contribution in [0.5, 0.6) is 5.75 Å². The van der Waals surface area contributed by atoms with Gasteiger partial charge >= 0.3 is 0 Å². The van der Waals surface area contributed by atoms with Crippen molar-refractivity contribution >= 4 is 34.5 Å². The van der Waals surface area contributed by atoms with E-state index in [1.807, 2.05) is 0 Å². The molecule has 0 aliphatic rings. The molecule has 5 nitrogen and oxygen atoms in total. The largest absolute Gasteiger partial charge is 0.495 e. The van der Waals surface area contributed by atoms with Crippen LogP contribution < -0.4 is 4.74 Å². The Hall–Kier alpha value is -2.62. The highest BCUT2D eigenvalue weighted by molar-refractivity contribution is 6.32. The highest BCUT2D eigenvalue weighted by Gasteiger charge is 2.11. The Morgan fingerprint density at radius 1 is 1.29 bits per heavy atom. The van der Waals surface area contributed by atoms with Gasteiger partial charge in [-0.3, -0.25) is 0 Å². The van der Waals surface area contributed by atoms with Gasteiger partial charge in [0.05, 0.1) is 17.8 Å². The highest BCUT2D eigenvalue weighted by Crippen LogP contribution is 2.32. The first-order valence-corrected chi connectivity index (χ1v) is 6.41. The van der Waals surface area contributed by atoms with Crippen molar-refractivity contribution in [3.05, 3.63) is 41.4 Å². The number of isocyanates is 1. The van der Waals surface area contributed by atoms with Crippen LogP contribution in [0.3, 0.4) is 0 Å². The quantitative estimate of drug-likeness (QED) is 0.539. The van der Waals surface area contributed by atoms with Crippen molar-refractivity contribution < 1.29 is 13.9 Å². The number of hydrogen-bond acceptors (Lipinski definition) is 5. The average Bonchev–Trinajstić information content (AvgIpc) is 2.90. The van der Waals surface area contributed by atoms with E-state index in [-0.39, 0.29) is 0 Å². The molecule has 0 aliphatic heterocycles. The number of oxazole rings is 1. The highest BCUT2D eigenvalue weighted by atomic mass is 35.5. The van der Waals surface area contributed by atoms with Crippen molar-refractivity contribution in [3.63, 3.8) is 0 Å². The SMILES string of the molecule is COc1ccc(-c2nc3cc(N=C=O)ccc3o2)cc1Cl. The number of methoxy groups -OCH3 is 1. The Bertz CT molecular complexity index is 866. The van der Waals surface area contributed by atoms with Gasteiger partial charge in [-0.1, -0.05) is 11.6 Å². The summed E-state index contributed by atoms with van der Waals surface area (Å²) in [6, 6.07) is 10.3. The van der Waals surface area contributed by atoms with E-state index in [2.05, 4.69) is 9.98 Å². The summed E-state index contributed by atoms with van der Waals surface area (Å²) in [7, 11) is 1.55. The van der Waals surface area contributed by atoms with Gasteiger partial charge in [-0.2, -0.15) is 4.99 Å². The average molecular weight is 301 g/mol. The summed E-state index contributed by atoms with van der Waals surface area (Å²) in [6.45, 7) is 0. The molecule has 0 saturated heterocycles. The molecule has 0 atom stereocenters. The van der Waals surface area contributed by atoms with Gasteiger partial charge in [-0.15, -0.1) is 0 Å². The second kappa shape index (κ2) is 5.40. The third-order valence-corrected chi connectivity index (χ3v) is 3.24. The van der Waals surface area contributed by atoms with Crippen LogP contribution in [0.15, 0.2) is 45.8 Å². The molecule has 6 heteroatoms. The fourth-order valence-corrected chi connectivity index (χ4v) is 2.22. The Balaban J connectivity index is 2.08. The van der Waals surface area contributed by atoms with Crippen molar-refractivity contribution in [3.8, 4) is 17.2 Å². The summed E-state index contributed by atoms with van der Waals surface area (Å²) in [6.07, 6.45) is 1.49. The Kier molecular flexibility index (Phi) is 3.44. The molecule has 21 heavy (non-hydrogen) atoms. The van der Waals surface area contributed by atoms with Gasteiger partial charge in [0.1, 0.15) is 11.3 Å². The fraction of sp³-hybridized carbons (Fsp3) is 0.0667. The molecule has 0 aliphatic carbocycles. The first-order chi connectivity index (χ1) is 10.2. The predicted octanol–water partition coefficient (Wildman–Crippen LogP) is 4.12. The second-order valence-electron chi connectivity index (χ2n) is 4.22. The monoisotopic (exact) mass is 300 g/mol. The standard InChI is InChI=1S/C15H9ClN2O3/c1-20-13-4-2-9(6-11(13)16)15-18-12-7-10(17-8-19)3-5-14(12)21-15/h2-7H,1H3. The number of halogens is 1. The maximum atomic E-state index is 10.3. The molecule has 3 aromatic rings. The molecule has 0 N–H and O–H groups in total. The molecule has 0 radical (unpaired) electrons. The smallest absolute Gasteiger partial charge is 0.240 e. The summed E-state index contributed by atoms with van der Waals surface area (Å²) >= 11 is 6.09. The number of carbonyl (C=O) groups excluding carboxylic acids is 1. The lowest BCUT2D eigenvalue weighted by molar-refractivity contribution is 0.415. The Morgan fingerprint density at radius 2 is 2.14 bits per heavy atom. The predicted molar refractivity (Wildman–Crippen MR) is 78.8 cm³/mol. The van der Waals surface area contributed by atoms with Crippen LogP contribution in [-0.4, -0.2) is 18.2 Å². The van der Waals surface area contributed by atoms with Crippen LogP contribution in [0.1, 0.15) is 0 Å². The van der Waals surface area contributed by atoms with Crippen LogP contribution in [0.2, 0.25) is 5.02 Å². The van der Waals surface area contributed by atoms with E-state index in [0.717, 1.165) is 5.56 Å². The normalized spacial score (nSPS) is 10.4. The third-order valence-electron chi connectivity index (χ3n) is 2.94. The topological polar surface area (TPSA) is 64.7 Å². The summed E-state index contributed by atoms with van der Waals surface area (Å²) in [5, 5.41) is 0.475. The molecule has 1 aromatic heterocycles. The summed E-state index contributed by atoms with van der Waals surface area (Å²) in [5.74, 6) is 1.01. The molecule has 1 heterocycles. The number of hydrogen-bond donors (Lipinski definition) is 0. The zero-order chi connectivity index (χ0) is 14.8. The molecular formula is C15H9ClN2O3. The number of nitrogens with zero attached hydrogens (tertiary/aromatic N) is 2. The maximum Gasteiger partial charge on any atom is 0.240 e. The number of fused-ring (bicyclic) bond motifs is 1. The molecule has 104 valence electrons. The molecule has 0 amide bonds. The summed E-state index contributed by atoms with van der Waals surface area (Å²) in [4.78, 5) is 18.2. The molecule has 0 fully saturated rings. The minimum atomic E-state index is 0.432. The molecule has 0 unspecified atom stereocenters. The number of ether oxygens (including phenoxy) is 1. The van der Waals surface area contributed by atoms with E-state index in [1.54, 1.807) is 43.5 Å². The molecule has 2 aromatic carbocycles. The van der Waals surface area contributed by atoms with Crippen molar-refractivity contribution in [1.29, 1.82) is 0 Å². The van der Waals surface area contributed by atoms with Crippen LogP contribution in [0, 0.1) is 0 Å². The van der Waals surface area contributed by atoms with Gasteiger partial charge in [0.15, 0.2) is 5.58 Å². The lowest BCUT2D eigenvalue weighted by atomic mass is 10.2. The van der Waals surface area contributed by atoms with Gasteiger partial charge in [0, 0.05) is 5.56 Å². The van der Waals surface area contributed by atoms with Crippen LogP contribution in [0.25, 0.3) is 22.6 Å². The van der Waals surface area contributed by atoms with E-state index in [4.69, 9.17) is 20.8 Å². The van der Waals surface area contributed by atoms with Crippen LogP contribution in [0.4, 0.5) is 5.69 Å². The maximum absolute atomic E-state index is 10.3. The third kappa shape index (κ3) is 2.52. The van der Waals surface area contributed by atoms with E-state index >= 15 is 0 Å². The Morgan fingerprint density at radius 3 is 2.86 bits per heavy atom. The number of aliphatic imine (C=N–C) groups is 1. The van der Waals surface area contributed by atoms with E-state index in [9.17, 15) is 4.79 Å². The minimum absolute atomic E-state index is 0.432. The molecule has 0 bridgehead atoms. The summed E-state index contributed by atoms with van der Waals surface area (Å²) in [5.41, 5.74) is 2.41. The minimum Gasteiger partial charge on any atom is -0.495 e. The lowest BCUT2D eigenvalue weighted by Crippen LogP contribution is -1.85. The van der Waals surface area contributed by atoms with Crippen LogP contribution in [-0.2, 0) is 4.79 Å². The molecular weight excluding hydrogens is 292 g/mol. The van der Waals surface area contributed by atoms with Gasteiger partial charge in [0.2, 0.25) is 12.0 Å². The number of rotatable bonds is 3. The van der Waals surface area contributed by atoms with Crippen molar-refractivity contribution in [2.24, 2.45) is 4.99 Å². The first-order valence-electron chi connectivity index (χ1n) is 6.03. The van der Waals surface area contributed by atoms with Gasteiger partial charge < -0.3 is 9.15 Å². The van der Waals surface area contributed by atoms with Crippen LogP contribution >= 0.6 is 11.6 Å². The zero-order valence-corrected chi connectivity index (χ0v) is 11.7. The first kappa shape index (κ1) is 13.4. The zero-order valence-electron chi connectivity index (χ0n) is 11.0. The Labute approximate surface area is 124 Å². The van der Waals surface area contributed by atoms with Gasteiger partial charge in [-0.25, -0.2) is 9.78 Å². The number of benzene rings is 2. The van der Waals surface area contributed by atoms with E-state index in [0.29, 0.717) is 33.4 Å². The molecule has 0 saturated carbocycles. The van der Waals surface area contributed by atoms with Crippen molar-refractivity contribution in [1.82, 2.24) is 4.98 Å². The molecule has 3 rings (SSSR count). The lowest BCUT2D eigenvalue weighted by Gasteiger charge is -2.03. The second-order valence-corrected chi connectivity index (χ2v) is 4.63. The fourth-order valence-electron chi connectivity index (χ4n) is 1.96. The van der Waals surface area contributed by atoms with Crippen molar-refractivity contribution in [2.75, 3.05) is 7.11 Å². The molecule has 0 spiro atoms. The summed E-state index contributed by atoms with van der Waals surface area (Å²) < 4.78 is 10.8. The van der Waals surface area contributed by atoms with Gasteiger partial charge in [0.25, 0.3) is 0 Å². The van der Waals surface area contributed by atoms with Crippen molar-refractivity contribution in [2.45, 2.75) is 0 Å². The van der Waals surface area contributed by atoms with Gasteiger partial charge in [-0.05, 0) is 36.4 Å². The van der Waals surface area contributed by atoms with E-state index < -0.39 is 0 Å².